The lowest BCUT2D eigenvalue weighted by Gasteiger charge is -2.18. The minimum Gasteiger partial charge on any atom is -0.462 e. The lowest BCUT2D eigenvalue weighted by atomic mass is 10.0. The third kappa shape index (κ3) is 16.1. The number of ether oxygens (including phenoxy) is 1. The minimum atomic E-state index is -0.0556. The summed E-state index contributed by atoms with van der Waals surface area (Å²) in [5.74, 6) is -0.0556. The van der Waals surface area contributed by atoms with E-state index < -0.39 is 0 Å². The molecule has 0 heterocycles. The number of nitrogens with two attached hydrogens (primary N) is 1. The first-order valence-electron chi connectivity index (χ1n) is 10.1. The van der Waals surface area contributed by atoms with E-state index in [0.717, 1.165) is 19.3 Å². The van der Waals surface area contributed by atoms with Crippen molar-refractivity contribution in [3.05, 3.63) is 0 Å². The van der Waals surface area contributed by atoms with Crippen LogP contribution in [0.5, 0.6) is 0 Å². The zero-order valence-electron chi connectivity index (χ0n) is 15.8. The summed E-state index contributed by atoms with van der Waals surface area (Å²) in [5.41, 5.74) is 5.46. The van der Waals surface area contributed by atoms with Crippen LogP contribution in [0.2, 0.25) is 0 Å². The normalized spacial score (nSPS) is 12.3. The molecule has 0 radical (unpaired) electrons. The average molecular weight is 328 g/mol. The number of esters is 1. The first-order chi connectivity index (χ1) is 11.2. The second-order valence-corrected chi connectivity index (χ2v) is 6.76. The van der Waals surface area contributed by atoms with Crippen molar-refractivity contribution < 1.29 is 9.53 Å². The summed E-state index contributed by atoms with van der Waals surface area (Å²) in [4.78, 5) is 11.8. The summed E-state index contributed by atoms with van der Waals surface area (Å²) in [7, 11) is 0. The van der Waals surface area contributed by atoms with Gasteiger partial charge >= 0.3 is 5.97 Å². The molecule has 0 aliphatic heterocycles. The van der Waals surface area contributed by atoms with Crippen molar-refractivity contribution in [3.63, 3.8) is 0 Å². The van der Waals surface area contributed by atoms with Crippen LogP contribution in [0.1, 0.15) is 110 Å². The molecule has 3 nitrogen and oxygen atoms in total. The molecule has 0 bridgehead atoms. The van der Waals surface area contributed by atoms with Gasteiger partial charge in [-0.3, -0.25) is 4.79 Å². The van der Waals surface area contributed by atoms with Crippen LogP contribution in [-0.4, -0.2) is 18.6 Å². The van der Waals surface area contributed by atoms with Crippen LogP contribution in [-0.2, 0) is 9.53 Å². The Morgan fingerprint density at radius 1 is 0.783 bits per heavy atom. The van der Waals surface area contributed by atoms with E-state index in [2.05, 4.69) is 13.8 Å². The lowest BCUT2D eigenvalue weighted by Crippen LogP contribution is -2.19. The van der Waals surface area contributed by atoms with Gasteiger partial charge in [0.1, 0.15) is 6.10 Å². The fourth-order valence-electron chi connectivity index (χ4n) is 2.88. The summed E-state index contributed by atoms with van der Waals surface area (Å²) in [6.07, 6.45) is 17.5. The summed E-state index contributed by atoms with van der Waals surface area (Å²) < 4.78 is 5.69. The van der Waals surface area contributed by atoms with Gasteiger partial charge in [-0.2, -0.15) is 0 Å². The predicted octanol–water partition coefficient (Wildman–Crippen LogP) is 5.75. The third-order valence-corrected chi connectivity index (χ3v) is 4.39. The van der Waals surface area contributed by atoms with Crippen molar-refractivity contribution in [1.29, 1.82) is 0 Å². The second kappa shape index (κ2) is 17.8. The number of rotatable bonds is 17. The first kappa shape index (κ1) is 22.4. The summed E-state index contributed by atoms with van der Waals surface area (Å²) >= 11 is 0. The molecule has 0 saturated carbocycles. The van der Waals surface area contributed by atoms with Gasteiger partial charge in [-0.15, -0.1) is 0 Å². The molecule has 0 aromatic heterocycles. The Balaban J connectivity index is 3.92. The molecule has 23 heavy (non-hydrogen) atoms. The van der Waals surface area contributed by atoms with Crippen LogP contribution in [0, 0.1) is 0 Å². The van der Waals surface area contributed by atoms with E-state index in [-0.39, 0.29) is 12.1 Å². The maximum Gasteiger partial charge on any atom is 0.306 e. The molecule has 0 aliphatic carbocycles. The molecule has 0 aromatic rings. The third-order valence-electron chi connectivity index (χ3n) is 4.39. The van der Waals surface area contributed by atoms with Crippen LogP contribution >= 0.6 is 0 Å². The smallest absolute Gasteiger partial charge is 0.306 e. The zero-order chi connectivity index (χ0) is 17.2. The van der Waals surface area contributed by atoms with Crippen molar-refractivity contribution >= 4 is 5.97 Å². The van der Waals surface area contributed by atoms with E-state index in [1.54, 1.807) is 0 Å². The van der Waals surface area contributed by atoms with Gasteiger partial charge in [0.15, 0.2) is 0 Å². The van der Waals surface area contributed by atoms with Crippen LogP contribution < -0.4 is 5.73 Å². The number of carbonyl (C=O) groups is 1. The van der Waals surface area contributed by atoms with E-state index in [0.29, 0.717) is 13.0 Å². The van der Waals surface area contributed by atoms with Crippen molar-refractivity contribution in [3.8, 4) is 0 Å². The van der Waals surface area contributed by atoms with Gasteiger partial charge < -0.3 is 10.5 Å². The number of hydrogen-bond donors (Lipinski definition) is 1. The largest absolute Gasteiger partial charge is 0.462 e. The first-order valence-corrected chi connectivity index (χ1v) is 10.1. The van der Waals surface area contributed by atoms with Crippen LogP contribution in [0.4, 0.5) is 0 Å². The SMILES string of the molecule is CCCCCCCCC(CCCCCCC)OC(=O)CCCN. The highest BCUT2D eigenvalue weighted by molar-refractivity contribution is 5.69. The predicted molar refractivity (Wildman–Crippen MR) is 99.5 cm³/mol. The Morgan fingerprint density at radius 3 is 1.74 bits per heavy atom. The molecule has 0 spiro atoms. The Morgan fingerprint density at radius 2 is 1.26 bits per heavy atom. The molecule has 0 saturated heterocycles. The van der Waals surface area contributed by atoms with Crippen molar-refractivity contribution in [2.75, 3.05) is 6.54 Å². The molecular weight excluding hydrogens is 286 g/mol. The molecule has 0 fully saturated rings. The quantitative estimate of drug-likeness (QED) is 0.273. The van der Waals surface area contributed by atoms with Gasteiger partial charge in [0.2, 0.25) is 0 Å². The van der Waals surface area contributed by atoms with Gasteiger partial charge in [-0.05, 0) is 38.6 Å². The van der Waals surface area contributed by atoms with Gasteiger partial charge in [0, 0.05) is 6.42 Å². The molecule has 2 N–H and O–H groups in total. The highest BCUT2D eigenvalue weighted by Gasteiger charge is 2.13. The standard InChI is InChI=1S/C20H41NO2/c1-3-5-7-9-11-13-16-19(15-12-10-8-6-4-2)23-20(22)17-14-18-21/h19H,3-18,21H2,1-2H3. The van der Waals surface area contributed by atoms with E-state index in [9.17, 15) is 4.79 Å². The fraction of sp³-hybridized carbons (Fsp3) is 0.950. The van der Waals surface area contributed by atoms with Crippen molar-refractivity contribution in [2.45, 2.75) is 116 Å². The number of carbonyl (C=O) groups excluding carboxylic acids is 1. The highest BCUT2D eigenvalue weighted by atomic mass is 16.5. The molecule has 138 valence electrons. The monoisotopic (exact) mass is 327 g/mol. The minimum absolute atomic E-state index is 0.0556. The van der Waals surface area contributed by atoms with E-state index in [1.807, 2.05) is 0 Å². The maximum atomic E-state index is 11.8. The number of unbranched alkanes of at least 4 members (excludes halogenated alkanes) is 9. The molecule has 3 heteroatoms. The molecule has 0 aliphatic rings. The van der Waals surface area contributed by atoms with Crippen LogP contribution in [0.25, 0.3) is 0 Å². The topological polar surface area (TPSA) is 52.3 Å². The Bertz CT molecular complexity index is 256. The van der Waals surface area contributed by atoms with Crippen molar-refractivity contribution in [2.24, 2.45) is 5.73 Å². The van der Waals surface area contributed by atoms with Gasteiger partial charge in [-0.1, -0.05) is 71.6 Å². The summed E-state index contributed by atoms with van der Waals surface area (Å²) in [5, 5.41) is 0. The Hall–Kier alpha value is -0.570. The maximum absolute atomic E-state index is 11.8. The average Bonchev–Trinajstić information content (AvgIpc) is 2.55. The highest BCUT2D eigenvalue weighted by Crippen LogP contribution is 2.17. The molecule has 1 unspecified atom stereocenters. The Kier molecular flexibility index (Phi) is 17.3. The fourth-order valence-corrected chi connectivity index (χ4v) is 2.88. The van der Waals surface area contributed by atoms with Crippen molar-refractivity contribution in [1.82, 2.24) is 0 Å². The van der Waals surface area contributed by atoms with E-state index in [4.69, 9.17) is 10.5 Å². The Labute approximate surface area is 144 Å². The van der Waals surface area contributed by atoms with Gasteiger partial charge in [0.25, 0.3) is 0 Å². The van der Waals surface area contributed by atoms with Gasteiger partial charge in [0.05, 0.1) is 0 Å². The van der Waals surface area contributed by atoms with Crippen LogP contribution in [0.3, 0.4) is 0 Å². The molecule has 1 atom stereocenters. The van der Waals surface area contributed by atoms with E-state index in [1.165, 1.54) is 70.6 Å². The molecular formula is C20H41NO2. The molecule has 0 amide bonds. The number of hydrogen-bond acceptors (Lipinski definition) is 3. The lowest BCUT2D eigenvalue weighted by molar-refractivity contribution is -0.150. The second-order valence-electron chi connectivity index (χ2n) is 6.76. The van der Waals surface area contributed by atoms with Crippen LogP contribution in [0.15, 0.2) is 0 Å². The molecule has 0 aromatic carbocycles. The summed E-state index contributed by atoms with van der Waals surface area (Å²) in [6, 6.07) is 0. The van der Waals surface area contributed by atoms with E-state index >= 15 is 0 Å². The molecule has 0 rings (SSSR count). The summed E-state index contributed by atoms with van der Waals surface area (Å²) in [6.45, 7) is 5.05. The zero-order valence-corrected chi connectivity index (χ0v) is 15.8. The van der Waals surface area contributed by atoms with Gasteiger partial charge in [-0.25, -0.2) is 0 Å².